The number of nitrogens with one attached hydrogen (secondary N) is 1. The van der Waals surface area contributed by atoms with Crippen LogP contribution in [0.5, 0.6) is 0 Å². The average Bonchev–Trinajstić information content (AvgIpc) is 2.43. The van der Waals surface area contributed by atoms with Gasteiger partial charge >= 0.3 is 0 Å². The molecule has 2 aromatic rings. The van der Waals surface area contributed by atoms with Crippen LogP contribution in [-0.2, 0) is 0 Å². The molecule has 0 atom stereocenters. The number of aromatic nitrogens is 1. The molecule has 5 heteroatoms. The molecule has 0 bridgehead atoms. The van der Waals surface area contributed by atoms with Crippen molar-refractivity contribution in [1.82, 2.24) is 15.2 Å². The minimum atomic E-state index is -0.122. The molecule has 1 aromatic heterocycles. The van der Waals surface area contributed by atoms with E-state index >= 15 is 0 Å². The highest BCUT2D eigenvalue weighted by Crippen LogP contribution is 2.23. The maximum atomic E-state index is 12.2. The third kappa shape index (κ3) is 3.03. The molecule has 2 rings (SSSR count). The van der Waals surface area contributed by atoms with E-state index in [1.165, 1.54) is 0 Å². The minimum absolute atomic E-state index is 0.122. The second-order valence-corrected chi connectivity index (χ2v) is 4.74. The molecule has 0 aliphatic heterocycles. The van der Waals surface area contributed by atoms with E-state index in [0.717, 1.165) is 17.4 Å². The van der Waals surface area contributed by atoms with E-state index < -0.39 is 0 Å². The van der Waals surface area contributed by atoms with Crippen LogP contribution in [0.2, 0.25) is 5.02 Å². The average molecular weight is 278 g/mol. The van der Waals surface area contributed by atoms with Crippen LogP contribution in [0.4, 0.5) is 0 Å². The molecule has 1 amide bonds. The first kappa shape index (κ1) is 13.8. The van der Waals surface area contributed by atoms with Gasteiger partial charge in [-0.3, -0.25) is 4.79 Å². The van der Waals surface area contributed by atoms with Crippen LogP contribution in [0.25, 0.3) is 10.9 Å². The first-order chi connectivity index (χ1) is 9.13. The fraction of sp³-hybridized carbons (Fsp3) is 0.286. The number of hydrogen-bond acceptors (Lipinski definition) is 3. The largest absolute Gasteiger partial charge is 0.339 e. The summed E-state index contributed by atoms with van der Waals surface area (Å²) in [4.78, 5) is 18.2. The number of hydrogen-bond donors (Lipinski definition) is 1. The molecular weight excluding hydrogens is 262 g/mol. The van der Waals surface area contributed by atoms with E-state index in [2.05, 4.69) is 10.3 Å². The van der Waals surface area contributed by atoms with Crippen molar-refractivity contribution in [3.63, 3.8) is 0 Å². The molecule has 0 saturated carbocycles. The Morgan fingerprint density at radius 1 is 1.42 bits per heavy atom. The molecule has 0 aliphatic rings. The molecule has 19 heavy (non-hydrogen) atoms. The van der Waals surface area contributed by atoms with Crippen molar-refractivity contribution < 1.29 is 4.79 Å². The van der Waals surface area contributed by atoms with Gasteiger partial charge in [-0.1, -0.05) is 29.8 Å². The molecule has 1 N–H and O–H groups in total. The highest BCUT2D eigenvalue weighted by Gasteiger charge is 2.14. The molecule has 0 radical (unpaired) electrons. The quantitative estimate of drug-likeness (QED) is 0.932. The number of likely N-dealkylation sites (N-methyl/N-ethyl adjacent to an activating group) is 2. The first-order valence-corrected chi connectivity index (χ1v) is 6.46. The highest BCUT2D eigenvalue weighted by atomic mass is 35.5. The van der Waals surface area contributed by atoms with Crippen molar-refractivity contribution in [2.24, 2.45) is 0 Å². The van der Waals surface area contributed by atoms with E-state index in [1.807, 2.05) is 31.3 Å². The van der Waals surface area contributed by atoms with Gasteiger partial charge < -0.3 is 10.2 Å². The van der Waals surface area contributed by atoms with Gasteiger partial charge in [0.05, 0.1) is 10.5 Å². The fourth-order valence-electron chi connectivity index (χ4n) is 1.82. The molecule has 0 saturated heterocycles. The van der Waals surface area contributed by atoms with Crippen molar-refractivity contribution in [3.8, 4) is 0 Å². The lowest BCUT2D eigenvalue weighted by molar-refractivity contribution is 0.0791. The smallest absolute Gasteiger partial charge is 0.272 e. The van der Waals surface area contributed by atoms with E-state index in [1.54, 1.807) is 18.0 Å². The Labute approximate surface area is 117 Å². The number of carbonyl (C=O) groups excluding carboxylic acids is 1. The standard InChI is InChI=1S/C14H16ClN3O/c1-16-7-8-18(2)14(19)13-9-11(15)10-5-3-4-6-12(10)17-13/h3-6,9,16H,7-8H2,1-2H3. The Balaban J connectivity index is 2.32. The number of fused-ring (bicyclic) bond motifs is 1. The summed E-state index contributed by atoms with van der Waals surface area (Å²) < 4.78 is 0. The molecule has 0 spiro atoms. The summed E-state index contributed by atoms with van der Waals surface area (Å²) in [6, 6.07) is 9.15. The summed E-state index contributed by atoms with van der Waals surface area (Å²) in [6.07, 6.45) is 0. The second-order valence-electron chi connectivity index (χ2n) is 4.34. The summed E-state index contributed by atoms with van der Waals surface area (Å²) in [5.74, 6) is -0.122. The van der Waals surface area contributed by atoms with Crippen LogP contribution >= 0.6 is 11.6 Å². The summed E-state index contributed by atoms with van der Waals surface area (Å²) >= 11 is 6.19. The van der Waals surface area contributed by atoms with Crippen LogP contribution in [-0.4, -0.2) is 43.0 Å². The highest BCUT2D eigenvalue weighted by molar-refractivity contribution is 6.35. The van der Waals surface area contributed by atoms with E-state index in [4.69, 9.17) is 11.6 Å². The summed E-state index contributed by atoms with van der Waals surface area (Å²) in [6.45, 7) is 1.37. The van der Waals surface area contributed by atoms with Gasteiger partial charge in [0.25, 0.3) is 5.91 Å². The van der Waals surface area contributed by atoms with Gasteiger partial charge in [-0.15, -0.1) is 0 Å². The Bertz CT molecular complexity index is 600. The van der Waals surface area contributed by atoms with Gasteiger partial charge in [0.15, 0.2) is 0 Å². The summed E-state index contributed by atoms with van der Waals surface area (Å²) in [7, 11) is 3.61. The molecular formula is C14H16ClN3O. The number of benzene rings is 1. The maximum Gasteiger partial charge on any atom is 0.272 e. The van der Waals surface area contributed by atoms with Gasteiger partial charge in [-0.25, -0.2) is 4.98 Å². The van der Waals surface area contributed by atoms with E-state index in [-0.39, 0.29) is 5.91 Å². The molecule has 0 aliphatic carbocycles. The van der Waals surface area contributed by atoms with Gasteiger partial charge in [0, 0.05) is 25.5 Å². The van der Waals surface area contributed by atoms with Crippen molar-refractivity contribution in [3.05, 3.63) is 41.0 Å². The zero-order valence-corrected chi connectivity index (χ0v) is 11.7. The van der Waals surface area contributed by atoms with Crippen LogP contribution < -0.4 is 5.32 Å². The number of amides is 1. The van der Waals surface area contributed by atoms with E-state index in [0.29, 0.717) is 17.3 Å². The molecule has 100 valence electrons. The third-order valence-corrected chi connectivity index (χ3v) is 3.24. The predicted octanol–water partition coefficient (Wildman–Crippen LogP) is 2.18. The summed E-state index contributed by atoms with van der Waals surface area (Å²) in [5.41, 5.74) is 1.11. The number of para-hydroxylation sites is 1. The molecule has 0 fully saturated rings. The Kier molecular flexibility index (Phi) is 4.35. The van der Waals surface area contributed by atoms with Crippen LogP contribution in [0.1, 0.15) is 10.5 Å². The molecule has 1 aromatic carbocycles. The first-order valence-electron chi connectivity index (χ1n) is 6.09. The van der Waals surface area contributed by atoms with Crippen molar-refractivity contribution >= 4 is 28.4 Å². The summed E-state index contributed by atoms with van der Waals surface area (Å²) in [5, 5.41) is 4.42. The number of carbonyl (C=O) groups is 1. The zero-order chi connectivity index (χ0) is 13.8. The van der Waals surface area contributed by atoms with E-state index in [9.17, 15) is 4.79 Å². The third-order valence-electron chi connectivity index (χ3n) is 2.93. The van der Waals surface area contributed by atoms with Crippen molar-refractivity contribution in [1.29, 1.82) is 0 Å². The minimum Gasteiger partial charge on any atom is -0.339 e. The van der Waals surface area contributed by atoms with Gasteiger partial charge in [0.2, 0.25) is 0 Å². The monoisotopic (exact) mass is 277 g/mol. The van der Waals surface area contributed by atoms with Crippen LogP contribution in [0.15, 0.2) is 30.3 Å². The van der Waals surface area contributed by atoms with Gasteiger partial charge in [-0.05, 0) is 19.2 Å². The lowest BCUT2D eigenvalue weighted by Crippen LogP contribution is -2.33. The SMILES string of the molecule is CNCCN(C)C(=O)c1cc(Cl)c2ccccc2n1. The number of nitrogens with zero attached hydrogens (tertiary/aromatic N) is 2. The predicted molar refractivity (Wildman–Crippen MR) is 77.6 cm³/mol. The Hall–Kier alpha value is -1.65. The molecule has 4 nitrogen and oxygen atoms in total. The van der Waals surface area contributed by atoms with Crippen molar-refractivity contribution in [2.45, 2.75) is 0 Å². The van der Waals surface area contributed by atoms with Gasteiger partial charge in [0.1, 0.15) is 5.69 Å². The normalized spacial score (nSPS) is 10.7. The fourth-order valence-corrected chi connectivity index (χ4v) is 2.08. The van der Waals surface area contributed by atoms with Gasteiger partial charge in [-0.2, -0.15) is 0 Å². The topological polar surface area (TPSA) is 45.2 Å². The lowest BCUT2D eigenvalue weighted by atomic mass is 10.2. The Morgan fingerprint density at radius 2 is 2.16 bits per heavy atom. The molecule has 1 heterocycles. The zero-order valence-electron chi connectivity index (χ0n) is 11.0. The Morgan fingerprint density at radius 3 is 2.89 bits per heavy atom. The lowest BCUT2D eigenvalue weighted by Gasteiger charge is -2.16. The number of rotatable bonds is 4. The van der Waals surface area contributed by atoms with Crippen LogP contribution in [0.3, 0.4) is 0 Å². The number of pyridine rings is 1. The molecule has 0 unspecified atom stereocenters. The maximum absolute atomic E-state index is 12.2. The second kappa shape index (κ2) is 5.99. The number of halogens is 1. The van der Waals surface area contributed by atoms with Crippen LogP contribution in [0, 0.1) is 0 Å². The van der Waals surface area contributed by atoms with Crippen molar-refractivity contribution in [2.75, 3.05) is 27.2 Å².